The average Bonchev–Trinajstić information content (AvgIpc) is 2.34. The molecule has 1 aliphatic heterocycles. The molecule has 0 amide bonds. The van der Waals surface area contributed by atoms with Crippen molar-refractivity contribution in [3.05, 3.63) is 0 Å². The minimum Gasteiger partial charge on any atom is -0.468 e. The second kappa shape index (κ2) is 6.95. The molecule has 5 heteroatoms. The number of amidine groups is 1. The molecule has 2 unspecified atom stereocenters. The monoisotopic (exact) mass is 258 g/mol. The van der Waals surface area contributed by atoms with E-state index in [1.165, 1.54) is 0 Å². The van der Waals surface area contributed by atoms with Crippen LogP contribution in [0.4, 0.5) is 0 Å². The third kappa shape index (κ3) is 4.14. The molecule has 1 heterocycles. The minimum absolute atomic E-state index is 0.140. The minimum atomic E-state index is -0.140. The van der Waals surface area contributed by atoms with E-state index in [-0.39, 0.29) is 18.4 Å². The molecule has 0 spiro atoms. The molecule has 18 heavy (non-hydrogen) atoms. The maximum atomic E-state index is 5.68. The van der Waals surface area contributed by atoms with Crippen LogP contribution >= 0.6 is 0 Å². The van der Waals surface area contributed by atoms with E-state index in [2.05, 4.69) is 16.8 Å². The van der Waals surface area contributed by atoms with Crippen LogP contribution in [0.5, 0.6) is 0 Å². The number of hydrogen-bond acceptors (Lipinski definition) is 4. The Morgan fingerprint density at radius 2 is 2.00 bits per heavy atom. The summed E-state index contributed by atoms with van der Waals surface area (Å²) >= 11 is 0. The summed E-state index contributed by atoms with van der Waals surface area (Å²) in [6, 6.07) is 1.23. The first kappa shape index (κ1) is 15.2. The van der Waals surface area contributed by atoms with Gasteiger partial charge in [-0.2, -0.15) is 0 Å². The second-order valence-electron chi connectivity index (χ2n) is 5.06. The quantitative estimate of drug-likeness (QED) is 0.572. The number of hydrogen-bond donors (Lipinski definition) is 0. The molecule has 106 valence electrons. The zero-order chi connectivity index (χ0) is 13.7. The topological polar surface area (TPSA) is 43.3 Å². The van der Waals surface area contributed by atoms with Gasteiger partial charge in [0, 0.05) is 32.7 Å². The van der Waals surface area contributed by atoms with Crippen LogP contribution in [0.15, 0.2) is 4.99 Å². The molecule has 1 aliphatic rings. The Hall–Kier alpha value is -0.810. The normalized spacial score (nSPS) is 29.5. The largest absolute Gasteiger partial charge is 0.468 e. The van der Waals surface area contributed by atoms with Gasteiger partial charge in [0.05, 0.1) is 13.2 Å². The van der Waals surface area contributed by atoms with Gasteiger partial charge in [0.25, 0.3) is 6.02 Å². The first-order chi connectivity index (χ1) is 8.47. The average molecular weight is 258 g/mol. The van der Waals surface area contributed by atoms with Gasteiger partial charge in [-0.05, 0) is 27.2 Å². The highest BCUT2D eigenvalue weighted by Crippen LogP contribution is 2.23. The summed E-state index contributed by atoms with van der Waals surface area (Å²) in [6.45, 7) is 6.15. The van der Waals surface area contributed by atoms with Crippen LogP contribution in [0.2, 0.25) is 0 Å². The SMILES string of the molecule is COC(=NC(C)C)N(C)C1CC(OC)O[C@H](C)C1. The van der Waals surface area contributed by atoms with E-state index in [0.29, 0.717) is 12.1 Å². The maximum absolute atomic E-state index is 5.68. The Bertz CT molecular complexity index is 281. The summed E-state index contributed by atoms with van der Waals surface area (Å²) in [4.78, 5) is 6.57. The molecule has 1 fully saturated rings. The molecule has 0 saturated carbocycles. The Morgan fingerprint density at radius 3 is 2.50 bits per heavy atom. The van der Waals surface area contributed by atoms with Gasteiger partial charge in [-0.25, -0.2) is 4.99 Å². The summed E-state index contributed by atoms with van der Waals surface area (Å²) in [6.07, 6.45) is 1.83. The number of methoxy groups -OCH3 is 2. The molecule has 3 atom stereocenters. The van der Waals surface area contributed by atoms with Crippen LogP contribution < -0.4 is 0 Å². The van der Waals surface area contributed by atoms with E-state index in [4.69, 9.17) is 14.2 Å². The molecule has 0 aliphatic carbocycles. The van der Waals surface area contributed by atoms with Gasteiger partial charge in [-0.3, -0.25) is 0 Å². The van der Waals surface area contributed by atoms with Crippen molar-refractivity contribution in [1.82, 2.24) is 4.90 Å². The number of aliphatic imine (C=N–C) groups is 1. The molecule has 0 aromatic rings. The van der Waals surface area contributed by atoms with E-state index in [0.717, 1.165) is 12.8 Å². The fourth-order valence-electron chi connectivity index (χ4n) is 2.20. The van der Waals surface area contributed by atoms with Crippen molar-refractivity contribution in [2.75, 3.05) is 21.3 Å². The van der Waals surface area contributed by atoms with Gasteiger partial charge in [0.2, 0.25) is 0 Å². The van der Waals surface area contributed by atoms with Crippen LogP contribution in [0.3, 0.4) is 0 Å². The summed E-state index contributed by atoms with van der Waals surface area (Å²) in [5, 5.41) is 0. The highest BCUT2D eigenvalue weighted by molar-refractivity contribution is 5.73. The van der Waals surface area contributed by atoms with Crippen molar-refractivity contribution in [3.63, 3.8) is 0 Å². The predicted molar refractivity (Wildman–Crippen MR) is 71.7 cm³/mol. The Morgan fingerprint density at radius 1 is 1.33 bits per heavy atom. The molecular weight excluding hydrogens is 232 g/mol. The van der Waals surface area contributed by atoms with Crippen molar-refractivity contribution < 1.29 is 14.2 Å². The summed E-state index contributed by atoms with van der Waals surface area (Å²) in [5.41, 5.74) is 0. The molecule has 0 bridgehead atoms. The summed E-state index contributed by atoms with van der Waals surface area (Å²) in [5.74, 6) is 0. The summed E-state index contributed by atoms with van der Waals surface area (Å²) in [7, 11) is 5.35. The van der Waals surface area contributed by atoms with E-state index >= 15 is 0 Å². The fourth-order valence-corrected chi connectivity index (χ4v) is 2.20. The zero-order valence-electron chi connectivity index (χ0n) is 12.3. The van der Waals surface area contributed by atoms with Crippen molar-refractivity contribution in [1.29, 1.82) is 0 Å². The van der Waals surface area contributed by atoms with Gasteiger partial charge in [-0.15, -0.1) is 0 Å². The number of nitrogens with zero attached hydrogens (tertiary/aromatic N) is 2. The highest BCUT2D eigenvalue weighted by Gasteiger charge is 2.31. The second-order valence-corrected chi connectivity index (χ2v) is 5.06. The standard InChI is InChI=1S/C13H26N2O3/c1-9(2)14-13(17-6)15(4)11-7-10(3)18-12(8-11)16-5/h9-12H,7-8H2,1-6H3/t10-,11?,12?/m1/s1. The van der Waals surface area contributed by atoms with Crippen LogP contribution in [0.25, 0.3) is 0 Å². The number of rotatable bonds is 3. The zero-order valence-corrected chi connectivity index (χ0v) is 12.3. The predicted octanol–water partition coefficient (Wildman–Crippen LogP) is 1.87. The first-order valence-corrected chi connectivity index (χ1v) is 6.50. The lowest BCUT2D eigenvalue weighted by Gasteiger charge is -2.38. The first-order valence-electron chi connectivity index (χ1n) is 6.50. The van der Waals surface area contributed by atoms with Crippen LogP contribution in [0, 0.1) is 0 Å². The third-order valence-corrected chi connectivity index (χ3v) is 3.12. The van der Waals surface area contributed by atoms with Crippen LogP contribution in [-0.4, -0.2) is 56.7 Å². The molecule has 0 aromatic carbocycles. The van der Waals surface area contributed by atoms with Gasteiger partial charge in [-0.1, -0.05) is 0 Å². The lowest BCUT2D eigenvalue weighted by Crippen LogP contribution is -2.46. The van der Waals surface area contributed by atoms with E-state index in [1.54, 1.807) is 14.2 Å². The van der Waals surface area contributed by atoms with Crippen molar-refractivity contribution in [2.45, 2.75) is 58.1 Å². The summed E-state index contributed by atoms with van der Waals surface area (Å²) < 4.78 is 16.4. The smallest absolute Gasteiger partial charge is 0.287 e. The lowest BCUT2D eigenvalue weighted by molar-refractivity contribution is -0.187. The molecule has 5 nitrogen and oxygen atoms in total. The van der Waals surface area contributed by atoms with Gasteiger partial charge >= 0.3 is 0 Å². The Kier molecular flexibility index (Phi) is 5.88. The molecule has 0 radical (unpaired) electrons. The van der Waals surface area contributed by atoms with E-state index < -0.39 is 0 Å². The molecule has 1 rings (SSSR count). The Labute approximate surface area is 110 Å². The molecule has 1 saturated heterocycles. The fraction of sp³-hybridized carbons (Fsp3) is 0.923. The third-order valence-electron chi connectivity index (χ3n) is 3.12. The van der Waals surface area contributed by atoms with Crippen LogP contribution in [0.1, 0.15) is 33.6 Å². The van der Waals surface area contributed by atoms with Crippen molar-refractivity contribution >= 4 is 6.02 Å². The molecule has 0 aromatic heterocycles. The van der Waals surface area contributed by atoms with Crippen molar-refractivity contribution in [2.24, 2.45) is 4.99 Å². The van der Waals surface area contributed by atoms with Gasteiger partial charge < -0.3 is 19.1 Å². The highest BCUT2D eigenvalue weighted by atomic mass is 16.7. The van der Waals surface area contributed by atoms with Crippen molar-refractivity contribution in [3.8, 4) is 0 Å². The molecular formula is C13H26N2O3. The van der Waals surface area contributed by atoms with Crippen LogP contribution in [-0.2, 0) is 14.2 Å². The van der Waals surface area contributed by atoms with Gasteiger partial charge in [0.15, 0.2) is 6.29 Å². The van der Waals surface area contributed by atoms with E-state index in [9.17, 15) is 0 Å². The van der Waals surface area contributed by atoms with E-state index in [1.807, 2.05) is 20.9 Å². The maximum Gasteiger partial charge on any atom is 0.287 e. The number of ether oxygens (including phenoxy) is 3. The molecule has 0 N–H and O–H groups in total. The van der Waals surface area contributed by atoms with Gasteiger partial charge in [0.1, 0.15) is 0 Å². The Balaban J connectivity index is 2.72. The lowest BCUT2D eigenvalue weighted by atomic mass is 10.0.